The summed E-state index contributed by atoms with van der Waals surface area (Å²) in [4.78, 5) is 0. The van der Waals surface area contributed by atoms with E-state index >= 15 is 0 Å². The fraction of sp³-hybridized carbons (Fsp3) is 0.308. The van der Waals surface area contributed by atoms with Gasteiger partial charge < -0.3 is 0 Å². The van der Waals surface area contributed by atoms with Crippen LogP contribution < -0.4 is 15.9 Å². The van der Waals surface area contributed by atoms with Gasteiger partial charge in [-0.3, -0.25) is 0 Å². The molecule has 0 aromatic heterocycles. The van der Waals surface area contributed by atoms with Gasteiger partial charge in [0.15, 0.2) is 0 Å². The second-order valence-electron chi connectivity index (χ2n) is 9.47. The molecule has 0 saturated heterocycles. The van der Waals surface area contributed by atoms with Crippen molar-refractivity contribution >= 4 is 23.2 Å². The summed E-state index contributed by atoms with van der Waals surface area (Å²) in [6.45, 7) is 12.1. The van der Waals surface area contributed by atoms with Gasteiger partial charge in [-0.1, -0.05) is 0 Å². The Kier molecular flexibility index (Phi) is 5.59. The standard InChI is InChI=1S/C26H33P/c1-25(2,3)21-26(4,5)27(22-15-9-6-10-16-22,23-17-11-7-12-18-23)24-19-13-8-14-20-24/h6-20,27H,21H2,1-5H3. The Hall–Kier alpha value is -1.91. The molecule has 0 aliphatic carbocycles. The molecule has 0 aliphatic heterocycles. The molecule has 0 saturated carbocycles. The minimum atomic E-state index is -2.26. The zero-order chi connectivity index (χ0) is 19.5. The fourth-order valence-electron chi connectivity index (χ4n) is 5.20. The molecule has 0 spiro atoms. The molecular formula is C26H33P. The summed E-state index contributed by atoms with van der Waals surface area (Å²) in [7, 11) is -2.26. The molecule has 142 valence electrons. The molecule has 3 aromatic carbocycles. The Labute approximate surface area is 166 Å². The maximum atomic E-state index is 2.50. The first kappa shape index (κ1) is 19.8. The van der Waals surface area contributed by atoms with Crippen LogP contribution in [0.4, 0.5) is 0 Å². The van der Waals surface area contributed by atoms with Crippen molar-refractivity contribution in [3.8, 4) is 0 Å². The van der Waals surface area contributed by atoms with Crippen molar-refractivity contribution < 1.29 is 0 Å². The van der Waals surface area contributed by atoms with Crippen LogP contribution in [0.5, 0.6) is 0 Å². The average molecular weight is 377 g/mol. The number of hydrogen-bond acceptors (Lipinski definition) is 0. The van der Waals surface area contributed by atoms with Crippen molar-refractivity contribution in [1.29, 1.82) is 0 Å². The van der Waals surface area contributed by atoms with E-state index in [1.165, 1.54) is 22.3 Å². The van der Waals surface area contributed by atoms with E-state index in [9.17, 15) is 0 Å². The van der Waals surface area contributed by atoms with E-state index in [2.05, 4.69) is 126 Å². The zero-order valence-corrected chi connectivity index (χ0v) is 18.4. The molecule has 3 aromatic rings. The molecule has 0 radical (unpaired) electrons. The summed E-state index contributed by atoms with van der Waals surface area (Å²) >= 11 is 0. The van der Waals surface area contributed by atoms with Gasteiger partial charge in [0, 0.05) is 0 Å². The van der Waals surface area contributed by atoms with E-state index in [0.29, 0.717) is 0 Å². The van der Waals surface area contributed by atoms with Gasteiger partial charge >= 0.3 is 166 Å². The predicted octanol–water partition coefficient (Wildman–Crippen LogP) is 5.93. The predicted molar refractivity (Wildman–Crippen MR) is 125 cm³/mol. The van der Waals surface area contributed by atoms with E-state index in [0.717, 1.165) is 0 Å². The summed E-state index contributed by atoms with van der Waals surface area (Å²) in [5, 5.41) is 4.64. The molecule has 0 amide bonds. The van der Waals surface area contributed by atoms with E-state index in [4.69, 9.17) is 0 Å². The first-order valence-electron chi connectivity index (χ1n) is 9.94. The zero-order valence-electron chi connectivity index (χ0n) is 17.4. The molecule has 0 atom stereocenters. The van der Waals surface area contributed by atoms with Crippen molar-refractivity contribution in [2.45, 2.75) is 46.2 Å². The average Bonchev–Trinajstić information content (AvgIpc) is 2.63. The number of rotatable bonds is 5. The summed E-state index contributed by atoms with van der Waals surface area (Å²) in [6.07, 6.45) is 1.17. The topological polar surface area (TPSA) is 0 Å². The van der Waals surface area contributed by atoms with E-state index in [-0.39, 0.29) is 10.6 Å². The van der Waals surface area contributed by atoms with Crippen LogP contribution >= 0.6 is 7.26 Å². The minimum absolute atomic E-state index is 0.148. The molecule has 0 unspecified atom stereocenters. The van der Waals surface area contributed by atoms with Crippen LogP contribution in [0.15, 0.2) is 91.0 Å². The monoisotopic (exact) mass is 376 g/mol. The van der Waals surface area contributed by atoms with Crippen molar-refractivity contribution in [2.24, 2.45) is 5.41 Å². The van der Waals surface area contributed by atoms with Crippen LogP contribution in [0.2, 0.25) is 0 Å². The van der Waals surface area contributed by atoms with Crippen molar-refractivity contribution in [1.82, 2.24) is 0 Å². The first-order valence-corrected chi connectivity index (χ1v) is 11.9. The Bertz CT molecular complexity index is 746. The number of benzene rings is 3. The molecule has 0 heterocycles. The van der Waals surface area contributed by atoms with Gasteiger partial charge in [-0.15, -0.1) is 0 Å². The van der Waals surface area contributed by atoms with E-state index in [1.54, 1.807) is 0 Å². The number of hydrogen-bond donors (Lipinski definition) is 0. The molecule has 27 heavy (non-hydrogen) atoms. The Morgan fingerprint density at radius 3 is 1.07 bits per heavy atom. The van der Waals surface area contributed by atoms with Gasteiger partial charge in [0.25, 0.3) is 0 Å². The second-order valence-corrected chi connectivity index (χ2v) is 14.1. The third-order valence-corrected chi connectivity index (χ3v) is 11.4. The maximum absolute atomic E-state index is 2.50. The molecule has 0 bridgehead atoms. The quantitative estimate of drug-likeness (QED) is 0.484. The van der Waals surface area contributed by atoms with Crippen LogP contribution in [0.25, 0.3) is 0 Å². The molecule has 0 fully saturated rings. The van der Waals surface area contributed by atoms with Gasteiger partial charge in [0.05, 0.1) is 0 Å². The van der Waals surface area contributed by atoms with Crippen LogP contribution in [-0.2, 0) is 0 Å². The molecular weight excluding hydrogens is 343 g/mol. The van der Waals surface area contributed by atoms with Crippen LogP contribution in [-0.4, -0.2) is 5.16 Å². The third-order valence-electron chi connectivity index (χ3n) is 5.61. The van der Waals surface area contributed by atoms with Gasteiger partial charge in [-0.05, 0) is 0 Å². The van der Waals surface area contributed by atoms with E-state index < -0.39 is 7.26 Å². The van der Waals surface area contributed by atoms with Gasteiger partial charge in [0.1, 0.15) is 0 Å². The normalized spacial score (nSPS) is 13.4. The summed E-state index contributed by atoms with van der Waals surface area (Å²) < 4.78 is 0. The Balaban J connectivity index is 2.40. The summed E-state index contributed by atoms with van der Waals surface area (Å²) in [5.41, 5.74) is 0.264. The Morgan fingerprint density at radius 1 is 0.519 bits per heavy atom. The second kappa shape index (κ2) is 7.61. The summed E-state index contributed by atoms with van der Waals surface area (Å²) in [6, 6.07) is 33.8. The summed E-state index contributed by atoms with van der Waals surface area (Å²) in [5.74, 6) is 0. The van der Waals surface area contributed by atoms with Gasteiger partial charge in [-0.2, -0.15) is 0 Å². The van der Waals surface area contributed by atoms with Gasteiger partial charge in [-0.25, -0.2) is 0 Å². The SMILES string of the molecule is CC(C)(C)CC(C)(C)[PH](c1ccccc1)(c1ccccc1)c1ccccc1. The molecule has 0 aliphatic rings. The third kappa shape index (κ3) is 3.87. The van der Waals surface area contributed by atoms with Crippen LogP contribution in [0.1, 0.15) is 41.0 Å². The van der Waals surface area contributed by atoms with Crippen LogP contribution in [0.3, 0.4) is 0 Å². The van der Waals surface area contributed by atoms with Crippen molar-refractivity contribution in [3.63, 3.8) is 0 Å². The van der Waals surface area contributed by atoms with Crippen molar-refractivity contribution in [2.75, 3.05) is 0 Å². The molecule has 3 rings (SSSR count). The molecule has 1 heteroatoms. The first-order chi connectivity index (χ1) is 12.8. The van der Waals surface area contributed by atoms with Crippen molar-refractivity contribution in [3.05, 3.63) is 91.0 Å². The Morgan fingerprint density at radius 2 is 0.815 bits per heavy atom. The van der Waals surface area contributed by atoms with E-state index in [1.807, 2.05) is 0 Å². The molecule has 0 N–H and O–H groups in total. The molecule has 0 nitrogen and oxygen atoms in total. The van der Waals surface area contributed by atoms with Gasteiger partial charge in [0.2, 0.25) is 0 Å². The van der Waals surface area contributed by atoms with Crippen LogP contribution in [0, 0.1) is 5.41 Å². The fourth-order valence-corrected chi connectivity index (χ4v) is 11.4.